The molecule has 0 bridgehead atoms. The third-order valence-corrected chi connectivity index (χ3v) is 13.8. The van der Waals surface area contributed by atoms with Crippen LogP contribution in [0.4, 0.5) is 0 Å². The molecule has 0 aromatic heterocycles. The molecule has 11 nitrogen and oxygen atoms in total. The van der Waals surface area contributed by atoms with E-state index in [1.54, 1.807) is 6.08 Å². The Morgan fingerprint density at radius 1 is 0.533 bits per heavy atom. The van der Waals surface area contributed by atoms with Crippen LogP contribution in [0.3, 0.4) is 0 Å². The van der Waals surface area contributed by atoms with Gasteiger partial charge in [0.15, 0.2) is 12.4 Å². The van der Waals surface area contributed by atoms with E-state index in [0.29, 0.717) is 19.3 Å². The summed E-state index contributed by atoms with van der Waals surface area (Å²) in [5.74, 6) is -1.28. The minimum Gasteiger partial charge on any atom is -0.454 e. The molecule has 1 aliphatic heterocycles. The van der Waals surface area contributed by atoms with E-state index in [0.717, 1.165) is 77.0 Å². The summed E-state index contributed by atoms with van der Waals surface area (Å²) in [7, 11) is 0. The van der Waals surface area contributed by atoms with Crippen molar-refractivity contribution in [1.29, 1.82) is 0 Å². The smallest absolute Gasteiger partial charge is 0.306 e. The standard InChI is InChI=1S/C64H111NO10/c1-4-7-10-13-16-19-22-24-26-28-29-30-32-34-37-40-43-46-49-52-59(69)75-62-61(71)60(70)58(53-66)74-64(62)73-54-55(56(67)50-47-44-41-38-35-21-18-15-12-9-6-3)65-63(72)57(68)51-48-45-42-39-36-33-31-27-25-23-20-17-14-11-8-5-2/h7,10,16,19,24,26,29-30,34,37,43,46-47,50,55-58,60-62,64,66-68,70-71H,4-6,8-9,11-15,17-18,20-23,25,27-28,31-33,35-36,38-42,44-45,48-49,51-54H2,1-3H3,(H,65,72)/b10-7-,19-16-,26-24-,30-29-,37-34-,46-43-,50-47+. The molecular formula is C64H111NO10. The van der Waals surface area contributed by atoms with Crippen LogP contribution >= 0.6 is 0 Å². The first-order valence-electron chi connectivity index (χ1n) is 30.4. The fourth-order valence-corrected chi connectivity index (χ4v) is 9.03. The van der Waals surface area contributed by atoms with E-state index >= 15 is 0 Å². The number of hydrogen-bond donors (Lipinski definition) is 6. The molecule has 0 radical (unpaired) electrons. The molecule has 0 aromatic rings. The summed E-state index contributed by atoms with van der Waals surface area (Å²) in [6.07, 6.45) is 56.4. The third-order valence-electron chi connectivity index (χ3n) is 13.8. The van der Waals surface area contributed by atoms with Crippen molar-refractivity contribution in [1.82, 2.24) is 5.32 Å². The molecule has 1 saturated heterocycles. The zero-order valence-corrected chi connectivity index (χ0v) is 47.6. The van der Waals surface area contributed by atoms with Crippen LogP contribution in [0.1, 0.15) is 245 Å². The van der Waals surface area contributed by atoms with Crippen molar-refractivity contribution in [2.24, 2.45) is 0 Å². The molecule has 432 valence electrons. The highest BCUT2D eigenvalue weighted by Gasteiger charge is 2.47. The fraction of sp³-hybridized carbons (Fsp3) is 0.750. The first-order chi connectivity index (χ1) is 36.7. The second-order valence-corrected chi connectivity index (χ2v) is 20.7. The molecule has 1 heterocycles. The van der Waals surface area contributed by atoms with Crippen LogP contribution in [-0.4, -0.2) is 99.6 Å². The van der Waals surface area contributed by atoms with E-state index in [9.17, 15) is 35.1 Å². The molecule has 6 N–H and O–H groups in total. The predicted octanol–water partition coefficient (Wildman–Crippen LogP) is 14.2. The molecule has 0 aromatic carbocycles. The average Bonchev–Trinajstić information content (AvgIpc) is 3.41. The highest BCUT2D eigenvalue weighted by atomic mass is 16.7. The predicted molar refractivity (Wildman–Crippen MR) is 310 cm³/mol. The van der Waals surface area contributed by atoms with Gasteiger partial charge >= 0.3 is 5.97 Å². The molecule has 75 heavy (non-hydrogen) atoms. The SMILES string of the molecule is CC/C=C\C/C=C\C/C=C\C/C=C\C/C=C\C/C=C\CCC(=O)OC1C(OCC(NC(=O)C(O)CCCCCCCCCCCCCCCCCC)C(O)/C=C/CCCCCCCCCCC)OC(CO)C(O)C1O. The Balaban J connectivity index is 2.73. The molecule has 8 unspecified atom stereocenters. The molecule has 1 rings (SSSR count). The summed E-state index contributed by atoms with van der Waals surface area (Å²) >= 11 is 0. The maximum absolute atomic E-state index is 13.4. The van der Waals surface area contributed by atoms with E-state index in [4.69, 9.17) is 14.2 Å². The van der Waals surface area contributed by atoms with Crippen LogP contribution in [0, 0.1) is 0 Å². The number of nitrogens with one attached hydrogen (secondary N) is 1. The van der Waals surface area contributed by atoms with Crippen LogP contribution in [0.25, 0.3) is 0 Å². The van der Waals surface area contributed by atoms with Gasteiger partial charge in [0.05, 0.1) is 25.4 Å². The number of aliphatic hydroxyl groups is 5. The zero-order valence-electron chi connectivity index (χ0n) is 47.6. The van der Waals surface area contributed by atoms with Crippen LogP contribution in [0.15, 0.2) is 85.1 Å². The second-order valence-electron chi connectivity index (χ2n) is 20.7. The number of amides is 1. The van der Waals surface area contributed by atoms with Gasteiger partial charge in [-0.2, -0.15) is 0 Å². The van der Waals surface area contributed by atoms with E-state index in [2.05, 4.69) is 86.8 Å². The maximum atomic E-state index is 13.4. The van der Waals surface area contributed by atoms with Gasteiger partial charge in [0.2, 0.25) is 5.91 Å². The summed E-state index contributed by atoms with van der Waals surface area (Å²) in [4.78, 5) is 26.5. The van der Waals surface area contributed by atoms with Gasteiger partial charge in [-0.3, -0.25) is 9.59 Å². The maximum Gasteiger partial charge on any atom is 0.306 e. The number of carbonyl (C=O) groups is 2. The highest BCUT2D eigenvalue weighted by molar-refractivity contribution is 5.80. The molecule has 8 atom stereocenters. The molecule has 0 spiro atoms. The number of unbranched alkanes of at least 4 members (excludes halogenated alkanes) is 24. The van der Waals surface area contributed by atoms with Crippen LogP contribution in [-0.2, 0) is 23.8 Å². The lowest BCUT2D eigenvalue weighted by atomic mass is 9.99. The first kappa shape index (κ1) is 69.9. The van der Waals surface area contributed by atoms with Crippen molar-refractivity contribution >= 4 is 11.9 Å². The fourth-order valence-electron chi connectivity index (χ4n) is 9.03. The minimum absolute atomic E-state index is 0.00390. The Morgan fingerprint density at radius 3 is 1.41 bits per heavy atom. The zero-order chi connectivity index (χ0) is 54.7. The Labute approximate surface area is 457 Å². The van der Waals surface area contributed by atoms with Crippen molar-refractivity contribution in [3.63, 3.8) is 0 Å². The number of ether oxygens (including phenoxy) is 3. The van der Waals surface area contributed by atoms with Crippen molar-refractivity contribution in [2.75, 3.05) is 13.2 Å². The lowest BCUT2D eigenvalue weighted by Crippen LogP contribution is -2.61. The lowest BCUT2D eigenvalue weighted by molar-refractivity contribution is -0.305. The summed E-state index contributed by atoms with van der Waals surface area (Å²) in [6.45, 7) is 5.63. The lowest BCUT2D eigenvalue weighted by Gasteiger charge is -2.41. The van der Waals surface area contributed by atoms with Gasteiger partial charge < -0.3 is 45.1 Å². The molecule has 0 aliphatic carbocycles. The molecule has 1 aliphatic rings. The van der Waals surface area contributed by atoms with Crippen LogP contribution < -0.4 is 5.32 Å². The first-order valence-corrected chi connectivity index (χ1v) is 30.4. The van der Waals surface area contributed by atoms with Crippen molar-refractivity contribution < 1.29 is 49.3 Å². The van der Waals surface area contributed by atoms with Crippen LogP contribution in [0.2, 0.25) is 0 Å². The topological polar surface area (TPSA) is 175 Å². The number of esters is 1. The van der Waals surface area contributed by atoms with Crippen molar-refractivity contribution in [2.45, 2.75) is 294 Å². The average molecular weight is 1050 g/mol. The number of aliphatic hydroxyl groups excluding tert-OH is 5. The quantitative estimate of drug-likeness (QED) is 0.0195. The summed E-state index contributed by atoms with van der Waals surface area (Å²) in [6, 6.07) is -1.04. The normalized spacial score (nSPS) is 19.8. The molecule has 1 amide bonds. The second kappa shape index (κ2) is 51.6. The molecular weight excluding hydrogens is 943 g/mol. The van der Waals surface area contributed by atoms with E-state index < -0.39 is 67.4 Å². The van der Waals surface area contributed by atoms with Crippen molar-refractivity contribution in [3.05, 3.63) is 85.1 Å². The minimum atomic E-state index is -1.65. The molecule has 11 heteroatoms. The Morgan fingerprint density at radius 2 is 0.960 bits per heavy atom. The van der Waals surface area contributed by atoms with Crippen molar-refractivity contribution in [3.8, 4) is 0 Å². The largest absolute Gasteiger partial charge is 0.454 e. The monoisotopic (exact) mass is 1050 g/mol. The van der Waals surface area contributed by atoms with Gasteiger partial charge in [-0.25, -0.2) is 0 Å². The summed E-state index contributed by atoms with van der Waals surface area (Å²) in [5, 5.41) is 56.9. The number of carbonyl (C=O) groups excluding carboxylic acids is 2. The van der Waals surface area contributed by atoms with Gasteiger partial charge in [0.25, 0.3) is 0 Å². The van der Waals surface area contributed by atoms with Gasteiger partial charge in [-0.1, -0.05) is 260 Å². The Hall–Kier alpha value is -3.16. The van der Waals surface area contributed by atoms with Gasteiger partial charge in [-0.05, 0) is 64.2 Å². The number of rotatable bonds is 50. The Kier molecular flexibility index (Phi) is 48.0. The molecule has 0 saturated carbocycles. The van der Waals surface area contributed by atoms with Gasteiger partial charge in [0.1, 0.15) is 24.4 Å². The van der Waals surface area contributed by atoms with Gasteiger partial charge in [-0.15, -0.1) is 0 Å². The Bertz CT molecular complexity index is 1540. The number of hydrogen-bond acceptors (Lipinski definition) is 10. The third kappa shape index (κ3) is 39.8. The van der Waals surface area contributed by atoms with Gasteiger partial charge in [0, 0.05) is 6.42 Å². The number of allylic oxidation sites excluding steroid dienone is 13. The van der Waals surface area contributed by atoms with E-state index in [1.807, 2.05) is 18.2 Å². The highest BCUT2D eigenvalue weighted by Crippen LogP contribution is 2.26. The summed E-state index contributed by atoms with van der Waals surface area (Å²) < 4.78 is 17.5. The van der Waals surface area contributed by atoms with E-state index in [-0.39, 0.29) is 19.4 Å². The van der Waals surface area contributed by atoms with Crippen LogP contribution in [0.5, 0.6) is 0 Å². The molecule has 1 fully saturated rings. The summed E-state index contributed by atoms with van der Waals surface area (Å²) in [5.41, 5.74) is 0. The van der Waals surface area contributed by atoms with E-state index in [1.165, 1.54) is 116 Å².